The molecule has 5 heteroatoms. The number of nitrogens with zero attached hydrogens (tertiary/aromatic N) is 2. The largest absolute Gasteiger partial charge is 0.313 e. The molecule has 2 heterocycles. The van der Waals surface area contributed by atoms with Crippen LogP contribution in [-0.2, 0) is 6.42 Å². The van der Waals surface area contributed by atoms with Crippen molar-refractivity contribution in [1.82, 2.24) is 14.7 Å². The summed E-state index contributed by atoms with van der Waals surface area (Å²) in [5, 5.41) is 6.14. The predicted molar refractivity (Wildman–Crippen MR) is 80.0 cm³/mol. The Labute approximate surface area is 120 Å². The molecule has 3 nitrogen and oxygen atoms in total. The first-order chi connectivity index (χ1) is 9.26. The quantitative estimate of drug-likeness (QED) is 0.796. The van der Waals surface area contributed by atoms with E-state index in [4.69, 9.17) is 11.6 Å². The summed E-state index contributed by atoms with van der Waals surface area (Å²) in [6, 6.07) is 8.21. The van der Waals surface area contributed by atoms with E-state index in [2.05, 4.69) is 33.0 Å². The van der Waals surface area contributed by atoms with E-state index >= 15 is 0 Å². The highest BCUT2D eigenvalue weighted by Crippen LogP contribution is 2.21. The second-order valence-corrected chi connectivity index (χ2v) is 5.73. The van der Waals surface area contributed by atoms with Crippen molar-refractivity contribution in [2.75, 3.05) is 7.05 Å². The van der Waals surface area contributed by atoms with Crippen molar-refractivity contribution in [3.63, 3.8) is 0 Å². The Morgan fingerprint density at radius 3 is 2.84 bits per heavy atom. The Balaban J connectivity index is 1.83. The van der Waals surface area contributed by atoms with Crippen molar-refractivity contribution in [1.29, 1.82) is 0 Å². The summed E-state index contributed by atoms with van der Waals surface area (Å²) in [6.45, 7) is 0. The van der Waals surface area contributed by atoms with Gasteiger partial charge >= 0.3 is 0 Å². The van der Waals surface area contributed by atoms with Crippen LogP contribution < -0.4 is 5.32 Å². The van der Waals surface area contributed by atoms with E-state index in [1.165, 1.54) is 5.56 Å². The van der Waals surface area contributed by atoms with E-state index in [1.807, 2.05) is 30.8 Å². The van der Waals surface area contributed by atoms with E-state index in [0.717, 1.165) is 22.1 Å². The number of hydrogen-bond acceptors (Lipinski definition) is 3. The molecule has 0 aliphatic rings. The maximum absolute atomic E-state index is 5.92. The van der Waals surface area contributed by atoms with Gasteiger partial charge in [-0.25, -0.2) is 4.98 Å². The van der Waals surface area contributed by atoms with E-state index in [1.54, 1.807) is 11.3 Å². The molecule has 0 amide bonds. The zero-order valence-corrected chi connectivity index (χ0v) is 12.1. The maximum atomic E-state index is 5.92. The van der Waals surface area contributed by atoms with Crippen molar-refractivity contribution >= 4 is 27.9 Å². The number of hydrogen-bond donors (Lipinski definition) is 1. The first-order valence-electron chi connectivity index (χ1n) is 6.10. The SMILES string of the molecule is CNC(Cc1cn2ccsc2n1)c1ccc(Cl)cc1. The molecule has 0 aliphatic carbocycles. The number of rotatable bonds is 4. The number of fused-ring (bicyclic) bond motifs is 1. The second kappa shape index (κ2) is 5.33. The lowest BCUT2D eigenvalue weighted by atomic mass is 10.0. The lowest BCUT2D eigenvalue weighted by molar-refractivity contribution is 0.586. The van der Waals surface area contributed by atoms with Gasteiger partial charge in [-0.1, -0.05) is 23.7 Å². The van der Waals surface area contributed by atoms with Crippen LogP contribution in [0.4, 0.5) is 0 Å². The van der Waals surface area contributed by atoms with Crippen LogP contribution >= 0.6 is 22.9 Å². The van der Waals surface area contributed by atoms with Gasteiger partial charge in [-0.3, -0.25) is 4.40 Å². The molecule has 0 bridgehead atoms. The lowest BCUT2D eigenvalue weighted by Crippen LogP contribution is -2.18. The van der Waals surface area contributed by atoms with Crippen LogP contribution in [0.2, 0.25) is 5.02 Å². The first kappa shape index (κ1) is 12.7. The summed E-state index contributed by atoms with van der Waals surface area (Å²) in [5.74, 6) is 0. The molecular formula is C14H14ClN3S. The van der Waals surface area contributed by atoms with Crippen LogP contribution in [0, 0.1) is 0 Å². The van der Waals surface area contributed by atoms with Crippen molar-refractivity contribution in [3.05, 3.63) is 58.3 Å². The Hall–Kier alpha value is -1.36. The fourth-order valence-corrected chi connectivity index (χ4v) is 3.01. The van der Waals surface area contributed by atoms with Crippen LogP contribution in [0.25, 0.3) is 4.96 Å². The molecule has 1 atom stereocenters. The van der Waals surface area contributed by atoms with E-state index in [9.17, 15) is 0 Å². The molecule has 0 aliphatic heterocycles. The number of thiazole rings is 1. The number of likely N-dealkylation sites (N-methyl/N-ethyl adjacent to an activating group) is 1. The Morgan fingerprint density at radius 2 is 2.16 bits per heavy atom. The van der Waals surface area contributed by atoms with Crippen LogP contribution in [0.3, 0.4) is 0 Å². The van der Waals surface area contributed by atoms with E-state index < -0.39 is 0 Å². The molecule has 19 heavy (non-hydrogen) atoms. The minimum atomic E-state index is 0.252. The van der Waals surface area contributed by atoms with Gasteiger partial charge in [-0.05, 0) is 24.7 Å². The van der Waals surface area contributed by atoms with Gasteiger partial charge in [0.2, 0.25) is 0 Å². The molecule has 0 spiro atoms. The fourth-order valence-electron chi connectivity index (χ4n) is 2.17. The average Bonchev–Trinajstić information content (AvgIpc) is 2.98. The van der Waals surface area contributed by atoms with Crippen LogP contribution in [0.5, 0.6) is 0 Å². The monoisotopic (exact) mass is 291 g/mol. The topological polar surface area (TPSA) is 29.3 Å². The van der Waals surface area contributed by atoms with Crippen molar-refractivity contribution in [2.45, 2.75) is 12.5 Å². The van der Waals surface area contributed by atoms with Crippen molar-refractivity contribution in [2.24, 2.45) is 0 Å². The summed E-state index contributed by atoms with van der Waals surface area (Å²) in [6.07, 6.45) is 4.99. The van der Waals surface area contributed by atoms with E-state index in [0.29, 0.717) is 0 Å². The molecule has 1 N–H and O–H groups in total. The van der Waals surface area contributed by atoms with Crippen molar-refractivity contribution in [3.8, 4) is 0 Å². The number of nitrogens with one attached hydrogen (secondary N) is 1. The average molecular weight is 292 g/mol. The Kier molecular flexibility index (Phi) is 3.55. The van der Waals surface area contributed by atoms with Gasteiger partial charge in [0, 0.05) is 35.3 Å². The lowest BCUT2D eigenvalue weighted by Gasteiger charge is -2.15. The van der Waals surface area contributed by atoms with Gasteiger partial charge in [0.1, 0.15) is 0 Å². The Morgan fingerprint density at radius 1 is 1.37 bits per heavy atom. The number of aromatic nitrogens is 2. The minimum Gasteiger partial charge on any atom is -0.313 e. The fraction of sp³-hybridized carbons (Fsp3) is 0.214. The molecule has 0 radical (unpaired) electrons. The summed E-state index contributed by atoms with van der Waals surface area (Å²) < 4.78 is 2.06. The van der Waals surface area contributed by atoms with Crippen LogP contribution in [-0.4, -0.2) is 16.4 Å². The standard InChI is InChI=1S/C14H14ClN3S/c1-16-13(10-2-4-11(15)5-3-10)8-12-9-18-6-7-19-14(18)17-12/h2-7,9,13,16H,8H2,1H3. The summed E-state index contributed by atoms with van der Waals surface area (Å²) in [5.41, 5.74) is 2.32. The highest BCUT2D eigenvalue weighted by atomic mass is 35.5. The zero-order valence-electron chi connectivity index (χ0n) is 10.5. The molecule has 3 aromatic rings. The highest BCUT2D eigenvalue weighted by molar-refractivity contribution is 7.15. The van der Waals surface area contributed by atoms with Crippen LogP contribution in [0.15, 0.2) is 42.0 Å². The van der Waals surface area contributed by atoms with Gasteiger partial charge in [0.25, 0.3) is 0 Å². The molecule has 1 aromatic carbocycles. The normalized spacial score (nSPS) is 12.9. The maximum Gasteiger partial charge on any atom is 0.193 e. The third kappa shape index (κ3) is 2.66. The zero-order chi connectivity index (χ0) is 13.2. The summed E-state index contributed by atoms with van der Waals surface area (Å²) in [7, 11) is 1.97. The third-order valence-electron chi connectivity index (χ3n) is 3.18. The molecule has 3 rings (SSSR count). The van der Waals surface area contributed by atoms with Gasteiger partial charge in [0.15, 0.2) is 4.96 Å². The van der Waals surface area contributed by atoms with Gasteiger partial charge in [-0.2, -0.15) is 0 Å². The first-order valence-corrected chi connectivity index (χ1v) is 7.36. The van der Waals surface area contributed by atoms with Gasteiger partial charge in [-0.15, -0.1) is 11.3 Å². The summed E-state index contributed by atoms with van der Waals surface area (Å²) in [4.78, 5) is 5.66. The smallest absolute Gasteiger partial charge is 0.193 e. The van der Waals surface area contributed by atoms with Gasteiger partial charge in [0.05, 0.1) is 5.69 Å². The predicted octanol–water partition coefficient (Wildman–Crippen LogP) is 3.55. The molecule has 0 saturated heterocycles. The second-order valence-electron chi connectivity index (χ2n) is 4.42. The van der Waals surface area contributed by atoms with E-state index in [-0.39, 0.29) is 6.04 Å². The molecule has 0 fully saturated rings. The molecule has 0 saturated carbocycles. The van der Waals surface area contributed by atoms with Crippen molar-refractivity contribution < 1.29 is 0 Å². The summed E-state index contributed by atoms with van der Waals surface area (Å²) >= 11 is 7.58. The van der Waals surface area contributed by atoms with Gasteiger partial charge < -0.3 is 5.32 Å². The molecule has 98 valence electrons. The van der Waals surface area contributed by atoms with Crippen LogP contribution in [0.1, 0.15) is 17.3 Å². The number of halogens is 1. The molecule has 2 aromatic heterocycles. The number of benzene rings is 1. The minimum absolute atomic E-state index is 0.252. The third-order valence-corrected chi connectivity index (χ3v) is 4.20. The number of imidazole rings is 1. The Bertz CT molecular complexity index is 643. The molecular weight excluding hydrogens is 278 g/mol. The molecule has 1 unspecified atom stereocenters. The highest BCUT2D eigenvalue weighted by Gasteiger charge is 2.12.